The van der Waals surface area contributed by atoms with Crippen LogP contribution in [0.3, 0.4) is 0 Å². The number of fused-ring (bicyclic) bond motifs is 3. The highest BCUT2D eigenvalue weighted by atomic mass is 16.6. The average Bonchev–Trinajstić information content (AvgIpc) is 3.60. The van der Waals surface area contributed by atoms with Gasteiger partial charge in [-0.05, 0) is 38.1 Å². The quantitative estimate of drug-likeness (QED) is 0.362. The predicted octanol–water partition coefficient (Wildman–Crippen LogP) is 1.03. The molecule has 194 valence electrons. The Kier molecular flexibility index (Phi) is 5.99. The van der Waals surface area contributed by atoms with Crippen molar-refractivity contribution in [3.8, 4) is 5.75 Å². The second-order valence-electron chi connectivity index (χ2n) is 9.83. The van der Waals surface area contributed by atoms with Gasteiger partial charge < -0.3 is 24.4 Å². The van der Waals surface area contributed by atoms with Gasteiger partial charge in [-0.25, -0.2) is 9.13 Å². The van der Waals surface area contributed by atoms with Gasteiger partial charge in [-0.1, -0.05) is 12.1 Å². The van der Waals surface area contributed by atoms with Crippen LogP contribution < -0.4 is 9.30 Å². The molecule has 0 spiro atoms. The maximum atomic E-state index is 13.1. The molecule has 0 radical (unpaired) electrons. The van der Waals surface area contributed by atoms with E-state index in [2.05, 4.69) is 4.57 Å². The fraction of sp³-hybridized carbons (Fsp3) is 0.444. The second kappa shape index (κ2) is 9.21. The lowest BCUT2D eigenvalue weighted by Gasteiger charge is -2.17. The molecular formula is C27H30N3O7+. The number of amides is 2. The Labute approximate surface area is 213 Å². The van der Waals surface area contributed by atoms with E-state index < -0.39 is 12.2 Å². The molecule has 2 saturated heterocycles. The molecular weight excluding hydrogens is 478 g/mol. The number of imidazole rings is 1. The van der Waals surface area contributed by atoms with Gasteiger partial charge >= 0.3 is 0 Å². The lowest BCUT2D eigenvalue weighted by atomic mass is 10.1. The molecule has 0 aliphatic carbocycles. The first-order valence-corrected chi connectivity index (χ1v) is 12.6. The number of carbonyl (C=O) groups is 2. The summed E-state index contributed by atoms with van der Waals surface area (Å²) < 4.78 is 21.6. The van der Waals surface area contributed by atoms with E-state index in [0.29, 0.717) is 30.0 Å². The van der Waals surface area contributed by atoms with Crippen molar-refractivity contribution in [1.29, 1.82) is 0 Å². The number of aromatic nitrogens is 2. The number of benzene rings is 2. The van der Waals surface area contributed by atoms with Gasteiger partial charge in [0.1, 0.15) is 37.2 Å². The molecule has 10 heteroatoms. The standard InChI is InChI=1S/C27H30N3O7/c1-3-28-19-9-8-16(37-22-14-36-24-21(32)13-35-25(22)24)10-20(19)29(11-15(2)31)23(28)12-30-26(33)17-6-4-5-7-18(17)27(30)34/h4-10,15,21-22,24-25,31-32H,3,11-14H2,1-2H3/q+1/t15-,21-,22-,24+,25+/m0/s1. The van der Waals surface area contributed by atoms with Crippen molar-refractivity contribution in [2.24, 2.45) is 0 Å². The van der Waals surface area contributed by atoms with Crippen LogP contribution in [0.2, 0.25) is 0 Å². The van der Waals surface area contributed by atoms with E-state index in [1.165, 1.54) is 4.90 Å². The SMILES string of the molecule is CC[n+]1c(CN2C(=O)c3ccccc3C2=O)n(C[C@H](C)O)c2cc(O[C@H]3CO[C@H]4[C@@H]3OC[C@@H]4O)ccc21. The Balaban J connectivity index is 1.36. The summed E-state index contributed by atoms with van der Waals surface area (Å²) in [6.45, 7) is 5.20. The minimum atomic E-state index is -0.663. The fourth-order valence-corrected chi connectivity index (χ4v) is 5.68. The molecule has 3 aliphatic heterocycles. The van der Waals surface area contributed by atoms with Crippen LogP contribution in [-0.4, -0.2) is 75.2 Å². The Morgan fingerprint density at radius 3 is 2.46 bits per heavy atom. The third-order valence-electron chi connectivity index (χ3n) is 7.36. The average molecular weight is 509 g/mol. The highest BCUT2D eigenvalue weighted by Gasteiger charge is 2.48. The Morgan fingerprint density at radius 2 is 1.78 bits per heavy atom. The van der Waals surface area contributed by atoms with E-state index in [4.69, 9.17) is 14.2 Å². The number of rotatable bonds is 7. The van der Waals surface area contributed by atoms with Gasteiger partial charge in [-0.3, -0.25) is 14.5 Å². The van der Waals surface area contributed by atoms with E-state index in [-0.39, 0.29) is 49.8 Å². The third-order valence-corrected chi connectivity index (χ3v) is 7.36. The molecule has 3 aromatic rings. The summed E-state index contributed by atoms with van der Waals surface area (Å²) in [6, 6.07) is 12.5. The largest absolute Gasteiger partial charge is 0.485 e. The van der Waals surface area contributed by atoms with Gasteiger partial charge in [-0.15, -0.1) is 0 Å². The van der Waals surface area contributed by atoms with Crippen LogP contribution in [0.4, 0.5) is 0 Å². The molecule has 0 saturated carbocycles. The first-order chi connectivity index (χ1) is 17.9. The van der Waals surface area contributed by atoms with Gasteiger partial charge in [-0.2, -0.15) is 0 Å². The monoisotopic (exact) mass is 508 g/mol. The molecule has 2 N–H and O–H groups in total. The smallest absolute Gasteiger partial charge is 0.278 e. The van der Waals surface area contributed by atoms with Crippen molar-refractivity contribution in [1.82, 2.24) is 9.47 Å². The number of imide groups is 1. The van der Waals surface area contributed by atoms with E-state index in [1.807, 2.05) is 29.7 Å². The summed E-state index contributed by atoms with van der Waals surface area (Å²) in [5, 5.41) is 20.4. The van der Waals surface area contributed by atoms with Crippen molar-refractivity contribution >= 4 is 22.8 Å². The van der Waals surface area contributed by atoms with Crippen LogP contribution in [0, 0.1) is 0 Å². The molecule has 10 nitrogen and oxygen atoms in total. The number of aliphatic hydroxyl groups is 2. The molecule has 3 aliphatic rings. The molecule has 6 rings (SSSR count). The Morgan fingerprint density at radius 1 is 1.08 bits per heavy atom. The van der Waals surface area contributed by atoms with E-state index >= 15 is 0 Å². The second-order valence-corrected chi connectivity index (χ2v) is 9.83. The summed E-state index contributed by atoms with van der Waals surface area (Å²) >= 11 is 0. The number of hydrogen-bond donors (Lipinski definition) is 2. The molecule has 0 unspecified atom stereocenters. The summed E-state index contributed by atoms with van der Waals surface area (Å²) in [4.78, 5) is 27.5. The first kappa shape index (κ1) is 24.1. The van der Waals surface area contributed by atoms with Crippen LogP contribution in [0.15, 0.2) is 42.5 Å². The lowest BCUT2D eigenvalue weighted by molar-refractivity contribution is -0.677. The highest BCUT2D eigenvalue weighted by Crippen LogP contribution is 2.32. The Bertz CT molecular complexity index is 1350. The number of aliphatic hydroxyl groups excluding tert-OH is 2. The van der Waals surface area contributed by atoms with Crippen LogP contribution in [0.25, 0.3) is 11.0 Å². The maximum absolute atomic E-state index is 13.1. The molecule has 2 fully saturated rings. The van der Waals surface area contributed by atoms with Gasteiger partial charge in [0.15, 0.2) is 17.1 Å². The van der Waals surface area contributed by atoms with Gasteiger partial charge in [0.05, 0.1) is 37.0 Å². The molecule has 5 atom stereocenters. The van der Waals surface area contributed by atoms with Crippen molar-refractivity contribution < 1.29 is 38.6 Å². The zero-order chi connectivity index (χ0) is 25.8. The normalized spacial score (nSPS) is 25.7. The lowest BCUT2D eigenvalue weighted by Crippen LogP contribution is -2.42. The van der Waals surface area contributed by atoms with Crippen molar-refractivity contribution in [3.05, 3.63) is 59.4 Å². The summed E-state index contributed by atoms with van der Waals surface area (Å²) in [5.74, 6) is 0.689. The minimum Gasteiger partial charge on any atom is -0.485 e. The van der Waals surface area contributed by atoms with Crippen molar-refractivity contribution in [2.75, 3.05) is 13.2 Å². The Hall–Kier alpha value is -3.31. The summed E-state index contributed by atoms with van der Waals surface area (Å²) in [7, 11) is 0. The molecule has 37 heavy (non-hydrogen) atoms. The number of carbonyl (C=O) groups excluding carboxylic acids is 2. The summed E-state index contributed by atoms with van der Waals surface area (Å²) in [6.07, 6.45) is -2.39. The highest BCUT2D eigenvalue weighted by molar-refractivity contribution is 6.21. The fourth-order valence-electron chi connectivity index (χ4n) is 5.68. The number of nitrogens with zero attached hydrogens (tertiary/aromatic N) is 3. The molecule has 2 amide bonds. The number of aryl methyl sites for hydroxylation is 1. The third kappa shape index (κ3) is 3.91. The molecule has 4 heterocycles. The minimum absolute atomic E-state index is 0.0731. The van der Waals surface area contributed by atoms with Gasteiger partial charge in [0.2, 0.25) is 0 Å². The van der Waals surface area contributed by atoms with Gasteiger partial charge in [0.25, 0.3) is 17.6 Å². The van der Waals surface area contributed by atoms with Crippen molar-refractivity contribution in [2.45, 2.75) is 64.0 Å². The maximum Gasteiger partial charge on any atom is 0.278 e. The topological polar surface area (TPSA) is 114 Å². The van der Waals surface area contributed by atoms with Crippen LogP contribution >= 0.6 is 0 Å². The van der Waals surface area contributed by atoms with E-state index in [1.54, 1.807) is 31.2 Å². The molecule has 2 aromatic carbocycles. The van der Waals surface area contributed by atoms with Crippen LogP contribution in [0.5, 0.6) is 5.75 Å². The summed E-state index contributed by atoms with van der Waals surface area (Å²) in [5.41, 5.74) is 2.52. The first-order valence-electron chi connectivity index (χ1n) is 12.6. The number of ether oxygens (including phenoxy) is 3. The number of hydrogen-bond acceptors (Lipinski definition) is 7. The van der Waals surface area contributed by atoms with E-state index in [0.717, 1.165) is 16.9 Å². The van der Waals surface area contributed by atoms with Crippen LogP contribution in [-0.2, 0) is 29.1 Å². The predicted molar refractivity (Wildman–Crippen MR) is 130 cm³/mol. The zero-order valence-corrected chi connectivity index (χ0v) is 20.7. The molecule has 0 bridgehead atoms. The zero-order valence-electron chi connectivity index (χ0n) is 20.7. The van der Waals surface area contributed by atoms with E-state index in [9.17, 15) is 19.8 Å². The van der Waals surface area contributed by atoms with Crippen molar-refractivity contribution in [3.63, 3.8) is 0 Å². The molecule has 1 aromatic heterocycles. The van der Waals surface area contributed by atoms with Gasteiger partial charge in [0, 0.05) is 6.07 Å². The van der Waals surface area contributed by atoms with Crippen LogP contribution in [0.1, 0.15) is 40.4 Å².